The van der Waals surface area contributed by atoms with Gasteiger partial charge in [0.15, 0.2) is 10.2 Å². The Morgan fingerprint density at radius 2 is 1.06 bits per heavy atom. The number of hydrogen-bond donors (Lipinski definition) is 4. The summed E-state index contributed by atoms with van der Waals surface area (Å²) in [6.07, 6.45) is 1.74. The van der Waals surface area contributed by atoms with Gasteiger partial charge in [0, 0.05) is 23.0 Å². The van der Waals surface area contributed by atoms with Crippen LogP contribution in [-0.2, 0) is 0 Å². The second-order valence-corrected chi connectivity index (χ2v) is 13.7. The minimum atomic E-state index is -0.563. The van der Waals surface area contributed by atoms with E-state index in [1.54, 1.807) is 11.8 Å². The summed E-state index contributed by atoms with van der Waals surface area (Å²) in [6, 6.07) is 0. The molecule has 0 unspecified atom stereocenters. The van der Waals surface area contributed by atoms with Gasteiger partial charge in [-0.25, -0.2) is 0 Å². The molecule has 0 rings (SSSR count). The number of hydrogen-bond acceptors (Lipinski definition) is 8. The van der Waals surface area contributed by atoms with E-state index in [0.29, 0.717) is 16.8 Å². The second-order valence-electron chi connectivity index (χ2n) is 10.9. The topological polar surface area (TPSA) is 97.6 Å². The van der Waals surface area contributed by atoms with E-state index in [2.05, 4.69) is 41.7 Å². The summed E-state index contributed by atoms with van der Waals surface area (Å²) in [6.45, 7) is 21.3. The van der Waals surface area contributed by atoms with Crippen LogP contribution in [0.5, 0.6) is 0 Å². The first-order chi connectivity index (χ1) is 15.3. The van der Waals surface area contributed by atoms with Gasteiger partial charge in [-0.3, -0.25) is 0 Å². The molecule has 0 heterocycles. The van der Waals surface area contributed by atoms with Crippen LogP contribution in [0.15, 0.2) is 20.5 Å². The van der Waals surface area contributed by atoms with Crippen LogP contribution in [0, 0.1) is 0 Å². The summed E-state index contributed by atoms with van der Waals surface area (Å²) < 4.78 is 0.972. The van der Waals surface area contributed by atoms with Crippen LogP contribution in [0.3, 0.4) is 0 Å². The second kappa shape index (κ2) is 14.5. The third-order valence-electron chi connectivity index (χ3n) is 3.53. The van der Waals surface area contributed by atoms with Crippen LogP contribution in [0.4, 0.5) is 0 Å². The highest BCUT2D eigenvalue weighted by Crippen LogP contribution is 2.14. The number of nitrogens with one attached hydrogen (secondary N) is 4. The van der Waals surface area contributed by atoms with Crippen molar-refractivity contribution in [1.82, 2.24) is 21.3 Å². The Kier molecular flexibility index (Phi) is 14.1. The molecular formula is C22H44N8S4. The van der Waals surface area contributed by atoms with Crippen LogP contribution in [-0.4, -0.2) is 55.7 Å². The highest BCUT2D eigenvalue weighted by Gasteiger charge is 2.20. The van der Waals surface area contributed by atoms with Gasteiger partial charge in [-0.2, -0.15) is 20.5 Å². The molecule has 12 heteroatoms. The summed E-state index contributed by atoms with van der Waals surface area (Å²) in [4.78, 5) is 0. The summed E-state index contributed by atoms with van der Waals surface area (Å²) in [5.41, 5.74) is -1.55. The van der Waals surface area contributed by atoms with E-state index in [9.17, 15) is 0 Å². The van der Waals surface area contributed by atoms with Gasteiger partial charge in [0.25, 0.3) is 0 Å². The molecule has 0 aromatic rings. The van der Waals surface area contributed by atoms with E-state index in [1.807, 2.05) is 69.2 Å². The molecule has 4 N–H and O–H groups in total. The van der Waals surface area contributed by atoms with Crippen molar-refractivity contribution in [3.8, 4) is 0 Å². The standard InChI is InChI=1S/C22H44N8S4/c1-19(2,3)27-29-21(7,8)25-17(32)23-13-11-12-16(31)34-15-14-24-18(33)26-22(9,10)30-28-20(4,5)6/h11-15H2,1-10H3,(H2,23,25,32)(H2,24,26,33). The Morgan fingerprint density at radius 3 is 1.47 bits per heavy atom. The fourth-order valence-electron chi connectivity index (χ4n) is 2.08. The molecule has 0 bridgehead atoms. The van der Waals surface area contributed by atoms with E-state index in [4.69, 9.17) is 36.7 Å². The van der Waals surface area contributed by atoms with Gasteiger partial charge in [-0.15, -0.1) is 11.8 Å². The van der Waals surface area contributed by atoms with E-state index >= 15 is 0 Å². The molecule has 0 aliphatic heterocycles. The van der Waals surface area contributed by atoms with E-state index in [0.717, 1.165) is 29.3 Å². The average molecular weight is 549 g/mol. The van der Waals surface area contributed by atoms with Gasteiger partial charge in [-0.05, 0) is 107 Å². The monoisotopic (exact) mass is 548 g/mol. The lowest BCUT2D eigenvalue weighted by Crippen LogP contribution is -2.47. The van der Waals surface area contributed by atoms with E-state index in [1.165, 1.54) is 0 Å². The van der Waals surface area contributed by atoms with Gasteiger partial charge in [0.2, 0.25) is 0 Å². The number of thioether (sulfide) groups is 1. The maximum atomic E-state index is 5.48. The molecule has 0 spiro atoms. The van der Waals surface area contributed by atoms with Crippen molar-refractivity contribution in [2.75, 3.05) is 18.8 Å². The van der Waals surface area contributed by atoms with Crippen molar-refractivity contribution in [1.29, 1.82) is 0 Å². The molecule has 8 nitrogen and oxygen atoms in total. The molecule has 0 aliphatic rings. The Balaban J connectivity index is 4.06. The molecule has 0 aliphatic carbocycles. The lowest BCUT2D eigenvalue weighted by molar-refractivity contribution is 0.414. The van der Waals surface area contributed by atoms with Gasteiger partial charge in [0.1, 0.15) is 11.3 Å². The van der Waals surface area contributed by atoms with Crippen LogP contribution >= 0.6 is 48.4 Å². The van der Waals surface area contributed by atoms with Crippen molar-refractivity contribution in [2.45, 2.75) is 104 Å². The molecular weight excluding hydrogens is 505 g/mol. The Labute approximate surface area is 227 Å². The first kappa shape index (κ1) is 33.0. The number of thiocarbonyl (C=S) groups is 3. The third kappa shape index (κ3) is 20.4. The van der Waals surface area contributed by atoms with Gasteiger partial charge in [-0.1, -0.05) is 12.2 Å². The minimum absolute atomic E-state index is 0.215. The largest absolute Gasteiger partial charge is 0.363 e. The van der Waals surface area contributed by atoms with Gasteiger partial charge < -0.3 is 21.3 Å². The fourth-order valence-corrected chi connectivity index (χ4v) is 3.90. The zero-order chi connectivity index (χ0) is 26.6. The van der Waals surface area contributed by atoms with Crippen molar-refractivity contribution >= 4 is 62.8 Å². The normalized spacial score (nSPS) is 13.2. The Hall–Kier alpha value is -0.980. The zero-order valence-electron chi connectivity index (χ0n) is 22.5. The number of nitrogens with zero attached hydrogens (tertiary/aromatic N) is 4. The molecule has 0 aromatic heterocycles. The predicted octanol–water partition coefficient (Wildman–Crippen LogP) is 5.73. The summed E-state index contributed by atoms with van der Waals surface area (Å²) in [5.74, 6) is 0.838. The molecule has 0 saturated heterocycles. The molecule has 0 aromatic carbocycles. The summed E-state index contributed by atoms with van der Waals surface area (Å²) in [7, 11) is 0. The minimum Gasteiger partial charge on any atom is -0.363 e. The van der Waals surface area contributed by atoms with Gasteiger partial charge >= 0.3 is 0 Å². The van der Waals surface area contributed by atoms with Gasteiger partial charge in [0.05, 0.1) is 11.1 Å². The lowest BCUT2D eigenvalue weighted by Gasteiger charge is -2.24. The summed E-state index contributed by atoms with van der Waals surface area (Å²) >= 11 is 17.9. The first-order valence-corrected chi connectivity index (χ1v) is 13.7. The first-order valence-electron chi connectivity index (χ1n) is 11.5. The fraction of sp³-hybridized carbons (Fsp3) is 0.864. The maximum Gasteiger partial charge on any atom is 0.168 e. The van der Waals surface area contributed by atoms with Crippen LogP contribution in [0.2, 0.25) is 0 Å². The molecule has 0 atom stereocenters. The van der Waals surface area contributed by atoms with Crippen LogP contribution in [0.25, 0.3) is 0 Å². The van der Waals surface area contributed by atoms with Crippen molar-refractivity contribution in [3.63, 3.8) is 0 Å². The predicted molar refractivity (Wildman–Crippen MR) is 159 cm³/mol. The molecule has 0 amide bonds. The molecule has 0 radical (unpaired) electrons. The Morgan fingerprint density at radius 1 is 0.647 bits per heavy atom. The lowest BCUT2D eigenvalue weighted by atomic mass is 10.1. The highest BCUT2D eigenvalue weighted by molar-refractivity contribution is 8.23. The maximum absolute atomic E-state index is 5.48. The molecule has 0 fully saturated rings. The summed E-state index contributed by atoms with van der Waals surface area (Å²) in [5, 5.41) is 31.2. The average Bonchev–Trinajstić information content (AvgIpc) is 2.64. The molecule has 34 heavy (non-hydrogen) atoms. The van der Waals surface area contributed by atoms with Crippen LogP contribution in [0.1, 0.15) is 82.1 Å². The Bertz CT molecular complexity index is 674. The van der Waals surface area contributed by atoms with E-state index in [-0.39, 0.29) is 11.1 Å². The smallest absolute Gasteiger partial charge is 0.168 e. The van der Waals surface area contributed by atoms with Crippen molar-refractivity contribution < 1.29 is 0 Å². The quantitative estimate of drug-likeness (QED) is 0.148. The number of rotatable bonds is 11. The number of azo groups is 2. The third-order valence-corrected chi connectivity index (χ3v) is 5.52. The van der Waals surface area contributed by atoms with Crippen molar-refractivity contribution in [3.05, 3.63) is 0 Å². The highest BCUT2D eigenvalue weighted by atomic mass is 32.2. The molecule has 0 saturated carbocycles. The SMILES string of the molecule is CC(C)(C)N=NC(C)(C)NC(=S)NCCCC(=S)SCCNC(=S)NC(C)(C)N=NC(C)(C)C. The zero-order valence-corrected chi connectivity index (χ0v) is 25.7. The molecule has 196 valence electrons. The van der Waals surface area contributed by atoms with Crippen molar-refractivity contribution in [2.24, 2.45) is 20.5 Å². The van der Waals surface area contributed by atoms with E-state index < -0.39 is 11.3 Å². The van der Waals surface area contributed by atoms with Crippen LogP contribution < -0.4 is 21.3 Å².